The zero-order valence-electron chi connectivity index (χ0n) is 8.63. The van der Waals surface area contributed by atoms with Gasteiger partial charge in [-0.3, -0.25) is 0 Å². The van der Waals surface area contributed by atoms with Gasteiger partial charge in [0.05, 0.1) is 0 Å². The summed E-state index contributed by atoms with van der Waals surface area (Å²) >= 11 is 0. The number of rotatable bonds is 5. The normalized spacial score (nSPS) is 16.3. The molecule has 1 nitrogen and oxygen atoms in total. The van der Waals surface area contributed by atoms with E-state index in [2.05, 4.69) is 32.9 Å². The molecule has 0 aliphatic rings. The first-order valence-corrected chi connectivity index (χ1v) is 4.74. The fraction of sp³-hybridized carbons (Fsp3) is 0.727. The van der Waals surface area contributed by atoms with Gasteiger partial charge in [-0.1, -0.05) is 39.3 Å². The monoisotopic (exact) mass is 168 g/mol. The summed E-state index contributed by atoms with van der Waals surface area (Å²) < 4.78 is 0. The maximum absolute atomic E-state index is 10.7. The Hall–Kier alpha value is -0.590. The van der Waals surface area contributed by atoms with Crippen molar-refractivity contribution in [2.45, 2.75) is 40.5 Å². The van der Waals surface area contributed by atoms with Crippen molar-refractivity contribution < 1.29 is 4.79 Å². The Morgan fingerprint density at radius 3 is 2.17 bits per heavy atom. The summed E-state index contributed by atoms with van der Waals surface area (Å²) in [5, 5.41) is 0. The first-order valence-electron chi connectivity index (χ1n) is 4.74. The molecule has 70 valence electrons. The molecule has 0 spiro atoms. The Kier molecular flexibility index (Phi) is 5.69. The van der Waals surface area contributed by atoms with Crippen LogP contribution in [0.4, 0.5) is 0 Å². The van der Waals surface area contributed by atoms with Gasteiger partial charge in [-0.2, -0.15) is 0 Å². The van der Waals surface area contributed by atoms with Crippen LogP contribution in [0, 0.1) is 11.8 Å². The third-order valence-corrected chi connectivity index (χ3v) is 2.02. The molecule has 0 heterocycles. The van der Waals surface area contributed by atoms with E-state index in [1.807, 2.05) is 0 Å². The number of hydrogen-bond donors (Lipinski definition) is 0. The largest absolute Gasteiger partial charge is 0.300 e. The van der Waals surface area contributed by atoms with E-state index >= 15 is 0 Å². The minimum absolute atomic E-state index is 0.274. The predicted molar refractivity (Wildman–Crippen MR) is 53.1 cm³/mol. The van der Waals surface area contributed by atoms with Crippen molar-refractivity contribution in [2.75, 3.05) is 0 Å². The van der Waals surface area contributed by atoms with Gasteiger partial charge in [0.15, 0.2) is 0 Å². The summed E-state index contributed by atoms with van der Waals surface area (Å²) in [6, 6.07) is 0. The molecular formula is C11H20O. The van der Waals surface area contributed by atoms with E-state index in [4.69, 9.17) is 0 Å². The first kappa shape index (κ1) is 11.4. The highest BCUT2D eigenvalue weighted by atomic mass is 16.1. The van der Waals surface area contributed by atoms with Crippen LogP contribution in [-0.4, -0.2) is 5.78 Å². The van der Waals surface area contributed by atoms with Gasteiger partial charge in [0, 0.05) is 6.42 Å². The summed E-state index contributed by atoms with van der Waals surface area (Å²) in [5.74, 6) is 1.31. The van der Waals surface area contributed by atoms with Gasteiger partial charge in [0.25, 0.3) is 0 Å². The lowest BCUT2D eigenvalue weighted by Gasteiger charge is -2.04. The molecule has 0 saturated carbocycles. The SMILES string of the molecule is CCC(C)/C=C/C(C)CC(C)=O. The van der Waals surface area contributed by atoms with Crippen molar-refractivity contribution in [3.05, 3.63) is 12.2 Å². The lowest BCUT2D eigenvalue weighted by Crippen LogP contribution is -1.98. The molecule has 1 heteroatoms. The number of carbonyl (C=O) groups is 1. The van der Waals surface area contributed by atoms with Crippen LogP contribution in [0.1, 0.15) is 40.5 Å². The molecule has 0 fully saturated rings. The summed E-state index contributed by atoms with van der Waals surface area (Å²) in [5.41, 5.74) is 0. The molecule has 0 radical (unpaired) electrons. The number of Topliss-reactive ketones (excluding diaryl/α,β-unsaturated/α-hetero) is 1. The lowest BCUT2D eigenvalue weighted by molar-refractivity contribution is -0.117. The van der Waals surface area contributed by atoms with Crippen molar-refractivity contribution in [3.8, 4) is 0 Å². The Bertz CT molecular complexity index is 158. The van der Waals surface area contributed by atoms with Crippen LogP contribution in [0.3, 0.4) is 0 Å². The van der Waals surface area contributed by atoms with E-state index < -0.39 is 0 Å². The molecule has 0 aliphatic carbocycles. The van der Waals surface area contributed by atoms with Gasteiger partial charge in [0.2, 0.25) is 0 Å². The molecular weight excluding hydrogens is 148 g/mol. The van der Waals surface area contributed by atoms with Gasteiger partial charge in [-0.25, -0.2) is 0 Å². The highest BCUT2D eigenvalue weighted by molar-refractivity contribution is 5.75. The molecule has 2 unspecified atom stereocenters. The van der Waals surface area contributed by atoms with E-state index in [-0.39, 0.29) is 5.78 Å². The molecule has 2 atom stereocenters. The van der Waals surface area contributed by atoms with Gasteiger partial charge in [0.1, 0.15) is 5.78 Å². The predicted octanol–water partition coefficient (Wildman–Crippen LogP) is 3.20. The molecule has 12 heavy (non-hydrogen) atoms. The summed E-state index contributed by atoms with van der Waals surface area (Å²) in [6.45, 7) is 8.09. The van der Waals surface area contributed by atoms with Crippen LogP contribution in [0.2, 0.25) is 0 Å². The van der Waals surface area contributed by atoms with Gasteiger partial charge in [-0.05, 0) is 18.8 Å². The molecule has 0 amide bonds. The van der Waals surface area contributed by atoms with Gasteiger partial charge < -0.3 is 4.79 Å². The Morgan fingerprint density at radius 2 is 1.75 bits per heavy atom. The van der Waals surface area contributed by atoms with Crippen molar-refractivity contribution >= 4 is 5.78 Å². The third kappa shape index (κ3) is 6.14. The van der Waals surface area contributed by atoms with Crippen LogP contribution in [0.5, 0.6) is 0 Å². The van der Waals surface area contributed by atoms with E-state index in [9.17, 15) is 4.79 Å². The molecule has 0 aromatic rings. The molecule has 0 aromatic carbocycles. The molecule has 0 aromatic heterocycles. The van der Waals surface area contributed by atoms with E-state index in [0.717, 1.165) is 0 Å². The number of allylic oxidation sites excluding steroid dienone is 2. The van der Waals surface area contributed by atoms with E-state index in [1.54, 1.807) is 6.92 Å². The minimum Gasteiger partial charge on any atom is -0.300 e. The molecule has 0 saturated heterocycles. The Balaban J connectivity index is 3.74. The molecule has 0 rings (SSSR count). The summed E-state index contributed by atoms with van der Waals surface area (Å²) in [6.07, 6.45) is 6.19. The quantitative estimate of drug-likeness (QED) is 0.576. The smallest absolute Gasteiger partial charge is 0.130 e. The molecule has 0 aliphatic heterocycles. The molecule has 0 N–H and O–H groups in total. The zero-order chi connectivity index (χ0) is 9.56. The summed E-state index contributed by atoms with van der Waals surface area (Å²) in [4.78, 5) is 10.7. The maximum Gasteiger partial charge on any atom is 0.130 e. The van der Waals surface area contributed by atoms with Crippen molar-refractivity contribution in [2.24, 2.45) is 11.8 Å². The van der Waals surface area contributed by atoms with Crippen LogP contribution in [0.25, 0.3) is 0 Å². The van der Waals surface area contributed by atoms with Crippen LogP contribution in [0.15, 0.2) is 12.2 Å². The van der Waals surface area contributed by atoms with Crippen LogP contribution >= 0.6 is 0 Å². The van der Waals surface area contributed by atoms with E-state index in [0.29, 0.717) is 18.3 Å². The van der Waals surface area contributed by atoms with Crippen LogP contribution in [-0.2, 0) is 4.79 Å². The molecule has 0 bridgehead atoms. The average molecular weight is 168 g/mol. The fourth-order valence-electron chi connectivity index (χ4n) is 1.04. The van der Waals surface area contributed by atoms with Crippen molar-refractivity contribution in [1.82, 2.24) is 0 Å². The second-order valence-electron chi connectivity index (χ2n) is 3.65. The number of ketones is 1. The average Bonchev–Trinajstić information content (AvgIpc) is 1.99. The van der Waals surface area contributed by atoms with Gasteiger partial charge >= 0.3 is 0 Å². The highest BCUT2D eigenvalue weighted by Gasteiger charge is 2.00. The fourth-order valence-corrected chi connectivity index (χ4v) is 1.04. The standard InChI is InChI=1S/C11H20O/c1-5-9(2)6-7-10(3)8-11(4)12/h6-7,9-10H,5,8H2,1-4H3/b7-6+. The van der Waals surface area contributed by atoms with Gasteiger partial charge in [-0.15, -0.1) is 0 Å². The second-order valence-corrected chi connectivity index (χ2v) is 3.65. The minimum atomic E-state index is 0.274. The lowest BCUT2D eigenvalue weighted by atomic mass is 10.0. The summed E-state index contributed by atoms with van der Waals surface area (Å²) in [7, 11) is 0. The number of carbonyl (C=O) groups excluding carboxylic acids is 1. The van der Waals surface area contributed by atoms with Crippen molar-refractivity contribution in [3.63, 3.8) is 0 Å². The third-order valence-electron chi connectivity index (χ3n) is 2.02. The second kappa shape index (κ2) is 5.99. The Labute approximate surface area is 75.9 Å². The zero-order valence-corrected chi connectivity index (χ0v) is 8.63. The van der Waals surface area contributed by atoms with Crippen LogP contribution < -0.4 is 0 Å². The number of hydrogen-bond acceptors (Lipinski definition) is 1. The van der Waals surface area contributed by atoms with Crippen molar-refractivity contribution in [1.29, 1.82) is 0 Å². The highest BCUT2D eigenvalue weighted by Crippen LogP contribution is 2.08. The topological polar surface area (TPSA) is 17.1 Å². The Morgan fingerprint density at radius 1 is 1.25 bits per heavy atom. The van der Waals surface area contributed by atoms with E-state index in [1.165, 1.54) is 6.42 Å². The maximum atomic E-state index is 10.7. The first-order chi connectivity index (χ1) is 5.56.